The molecule has 5 heteroatoms. The molecule has 0 aromatic heterocycles. The fourth-order valence-corrected chi connectivity index (χ4v) is 3.25. The topological polar surface area (TPSA) is 39.7 Å². The average molecular weight is 334 g/mol. The van der Waals surface area contributed by atoms with E-state index in [0.29, 0.717) is 6.54 Å². The molecular formula is C19H31FN4. The van der Waals surface area contributed by atoms with Gasteiger partial charge < -0.3 is 15.5 Å². The molecule has 0 amide bonds. The van der Waals surface area contributed by atoms with Crippen LogP contribution in [0.25, 0.3) is 0 Å². The molecular weight excluding hydrogens is 303 g/mol. The van der Waals surface area contributed by atoms with Crippen LogP contribution in [0.1, 0.15) is 44.1 Å². The van der Waals surface area contributed by atoms with E-state index < -0.39 is 0 Å². The molecule has 0 spiro atoms. The van der Waals surface area contributed by atoms with E-state index in [0.717, 1.165) is 37.1 Å². The lowest BCUT2D eigenvalue weighted by Crippen LogP contribution is -2.39. The van der Waals surface area contributed by atoms with Gasteiger partial charge in [-0.05, 0) is 50.6 Å². The molecule has 0 saturated heterocycles. The summed E-state index contributed by atoms with van der Waals surface area (Å²) in [5.41, 5.74) is 1.04. The summed E-state index contributed by atoms with van der Waals surface area (Å²) in [5.74, 6) is 0.586. The summed E-state index contributed by atoms with van der Waals surface area (Å²) in [6.07, 6.45) is 7.97. The molecule has 0 heterocycles. The standard InChI is InChI=1S/C19H31FN4/c1-21-19(23-15-16-9-11-17(20)12-10-16)22-13-6-14-24(2)18-7-4-3-5-8-18/h9-12,18H,3-8,13-15H2,1-2H3,(H2,21,22,23). The Labute approximate surface area is 145 Å². The Morgan fingerprint density at radius 1 is 1.17 bits per heavy atom. The Morgan fingerprint density at radius 2 is 1.88 bits per heavy atom. The van der Waals surface area contributed by atoms with Gasteiger partial charge in [-0.15, -0.1) is 0 Å². The van der Waals surface area contributed by atoms with Crippen LogP contribution < -0.4 is 10.6 Å². The summed E-state index contributed by atoms with van der Waals surface area (Å²) >= 11 is 0. The molecule has 0 aliphatic heterocycles. The highest BCUT2D eigenvalue weighted by molar-refractivity contribution is 5.79. The lowest BCUT2D eigenvalue weighted by atomic mass is 9.94. The molecule has 4 nitrogen and oxygen atoms in total. The summed E-state index contributed by atoms with van der Waals surface area (Å²) in [5, 5.41) is 6.61. The van der Waals surface area contributed by atoms with Gasteiger partial charge in [-0.2, -0.15) is 0 Å². The van der Waals surface area contributed by atoms with Crippen LogP contribution in [0.3, 0.4) is 0 Å². The third kappa shape index (κ3) is 6.48. The third-order valence-electron chi connectivity index (χ3n) is 4.77. The van der Waals surface area contributed by atoms with E-state index in [2.05, 4.69) is 27.6 Å². The number of hydrogen-bond acceptors (Lipinski definition) is 2. The van der Waals surface area contributed by atoms with E-state index in [4.69, 9.17) is 0 Å². The Morgan fingerprint density at radius 3 is 2.54 bits per heavy atom. The van der Waals surface area contributed by atoms with Gasteiger partial charge in [0.2, 0.25) is 0 Å². The molecule has 1 aromatic carbocycles. The van der Waals surface area contributed by atoms with Crippen LogP contribution in [0, 0.1) is 5.82 Å². The van der Waals surface area contributed by atoms with Crippen LogP contribution in [0.4, 0.5) is 4.39 Å². The van der Waals surface area contributed by atoms with E-state index in [1.807, 2.05) is 0 Å². The molecule has 1 saturated carbocycles. The molecule has 2 rings (SSSR count). The molecule has 0 unspecified atom stereocenters. The van der Waals surface area contributed by atoms with Crippen molar-refractivity contribution in [3.63, 3.8) is 0 Å². The van der Waals surface area contributed by atoms with Crippen molar-refractivity contribution in [1.29, 1.82) is 0 Å². The number of aliphatic imine (C=N–C) groups is 1. The number of nitrogens with zero attached hydrogens (tertiary/aromatic N) is 2. The Kier molecular flexibility index (Phi) is 8.02. The smallest absolute Gasteiger partial charge is 0.191 e. The summed E-state index contributed by atoms with van der Waals surface area (Å²) < 4.78 is 12.9. The highest BCUT2D eigenvalue weighted by Crippen LogP contribution is 2.21. The first-order chi connectivity index (χ1) is 11.7. The van der Waals surface area contributed by atoms with Crippen LogP contribution in [-0.4, -0.2) is 44.1 Å². The van der Waals surface area contributed by atoms with Crippen molar-refractivity contribution < 1.29 is 4.39 Å². The van der Waals surface area contributed by atoms with Crippen LogP contribution in [0.5, 0.6) is 0 Å². The number of benzene rings is 1. The zero-order valence-corrected chi connectivity index (χ0v) is 15.0. The average Bonchev–Trinajstić information content (AvgIpc) is 2.63. The van der Waals surface area contributed by atoms with Gasteiger partial charge in [0.25, 0.3) is 0 Å². The van der Waals surface area contributed by atoms with E-state index in [-0.39, 0.29) is 5.82 Å². The first-order valence-corrected chi connectivity index (χ1v) is 9.08. The van der Waals surface area contributed by atoms with Crippen molar-refractivity contribution in [1.82, 2.24) is 15.5 Å². The maximum atomic E-state index is 12.9. The number of hydrogen-bond donors (Lipinski definition) is 2. The van der Waals surface area contributed by atoms with Gasteiger partial charge in [-0.3, -0.25) is 4.99 Å². The fraction of sp³-hybridized carbons (Fsp3) is 0.632. The van der Waals surface area contributed by atoms with Gasteiger partial charge in [0.1, 0.15) is 5.82 Å². The van der Waals surface area contributed by atoms with Crippen LogP contribution in [-0.2, 0) is 6.54 Å². The van der Waals surface area contributed by atoms with Crippen molar-refractivity contribution in [2.45, 2.75) is 51.1 Å². The number of guanidine groups is 1. The molecule has 0 radical (unpaired) electrons. The predicted octanol–water partition coefficient (Wildman–Crippen LogP) is 3.15. The molecule has 1 aromatic rings. The monoisotopic (exact) mass is 334 g/mol. The Balaban J connectivity index is 1.61. The SMILES string of the molecule is CN=C(NCCCN(C)C1CCCCC1)NCc1ccc(F)cc1. The number of rotatable bonds is 7. The van der Waals surface area contributed by atoms with E-state index in [1.165, 1.54) is 44.2 Å². The van der Waals surface area contributed by atoms with Gasteiger partial charge in [0.05, 0.1) is 0 Å². The molecule has 0 bridgehead atoms. The van der Waals surface area contributed by atoms with Crippen LogP contribution in [0.2, 0.25) is 0 Å². The number of nitrogens with one attached hydrogen (secondary N) is 2. The first kappa shape index (κ1) is 18.7. The maximum absolute atomic E-state index is 12.9. The van der Waals surface area contributed by atoms with Gasteiger partial charge in [0.15, 0.2) is 5.96 Å². The Bertz CT molecular complexity index is 495. The second-order valence-corrected chi connectivity index (χ2v) is 6.61. The fourth-order valence-electron chi connectivity index (χ4n) is 3.25. The van der Waals surface area contributed by atoms with E-state index in [1.54, 1.807) is 19.2 Å². The van der Waals surface area contributed by atoms with Crippen molar-refractivity contribution in [3.05, 3.63) is 35.6 Å². The minimum atomic E-state index is -0.205. The van der Waals surface area contributed by atoms with Gasteiger partial charge in [-0.25, -0.2) is 4.39 Å². The Hall–Kier alpha value is -1.62. The molecule has 2 N–H and O–H groups in total. The lowest BCUT2D eigenvalue weighted by Gasteiger charge is -2.31. The summed E-state index contributed by atoms with van der Waals surface area (Å²) in [4.78, 5) is 6.74. The van der Waals surface area contributed by atoms with Crippen LogP contribution in [0.15, 0.2) is 29.3 Å². The zero-order chi connectivity index (χ0) is 17.2. The van der Waals surface area contributed by atoms with Crippen molar-refractivity contribution >= 4 is 5.96 Å². The van der Waals surface area contributed by atoms with E-state index in [9.17, 15) is 4.39 Å². The minimum Gasteiger partial charge on any atom is -0.356 e. The second-order valence-electron chi connectivity index (χ2n) is 6.61. The summed E-state index contributed by atoms with van der Waals surface area (Å²) in [6, 6.07) is 7.31. The summed E-state index contributed by atoms with van der Waals surface area (Å²) in [7, 11) is 4.02. The second kappa shape index (κ2) is 10.3. The molecule has 24 heavy (non-hydrogen) atoms. The highest BCUT2D eigenvalue weighted by Gasteiger charge is 2.17. The molecule has 1 aliphatic rings. The summed E-state index contributed by atoms with van der Waals surface area (Å²) in [6.45, 7) is 2.66. The van der Waals surface area contributed by atoms with Crippen LogP contribution >= 0.6 is 0 Å². The molecule has 0 atom stereocenters. The third-order valence-corrected chi connectivity index (χ3v) is 4.77. The molecule has 1 aliphatic carbocycles. The predicted molar refractivity (Wildman–Crippen MR) is 98.7 cm³/mol. The minimum absolute atomic E-state index is 0.205. The van der Waals surface area contributed by atoms with Crippen molar-refractivity contribution in [2.75, 3.05) is 27.2 Å². The normalized spacial score (nSPS) is 16.4. The molecule has 134 valence electrons. The first-order valence-electron chi connectivity index (χ1n) is 9.08. The van der Waals surface area contributed by atoms with Crippen molar-refractivity contribution in [3.8, 4) is 0 Å². The quantitative estimate of drug-likeness (QED) is 0.457. The van der Waals surface area contributed by atoms with E-state index >= 15 is 0 Å². The van der Waals surface area contributed by atoms with Gasteiger partial charge >= 0.3 is 0 Å². The zero-order valence-electron chi connectivity index (χ0n) is 15.0. The lowest BCUT2D eigenvalue weighted by molar-refractivity contribution is 0.190. The van der Waals surface area contributed by atoms with Gasteiger partial charge in [-0.1, -0.05) is 31.4 Å². The maximum Gasteiger partial charge on any atom is 0.191 e. The van der Waals surface area contributed by atoms with Crippen molar-refractivity contribution in [2.24, 2.45) is 4.99 Å². The molecule has 1 fully saturated rings. The van der Waals surface area contributed by atoms with Gasteiger partial charge in [0, 0.05) is 26.2 Å². The highest BCUT2D eigenvalue weighted by atomic mass is 19.1. The largest absolute Gasteiger partial charge is 0.356 e. The number of halogens is 1.